The number of amides is 1. The van der Waals surface area contributed by atoms with Crippen molar-refractivity contribution in [1.82, 2.24) is 4.90 Å². The van der Waals surface area contributed by atoms with Gasteiger partial charge in [-0.1, -0.05) is 12.7 Å². The van der Waals surface area contributed by atoms with Gasteiger partial charge in [0, 0.05) is 11.9 Å². The molecule has 0 spiro atoms. The minimum absolute atomic E-state index is 0.0330. The molecule has 0 saturated carbocycles. The number of hydrogen-bond acceptors (Lipinski definition) is 2. The van der Waals surface area contributed by atoms with E-state index in [1.165, 1.54) is 4.90 Å². The van der Waals surface area contributed by atoms with Crippen molar-refractivity contribution in [2.24, 2.45) is 4.99 Å². The number of carbonyl (C=O) groups excluding carboxylic acids is 1. The van der Waals surface area contributed by atoms with E-state index >= 15 is 0 Å². The molecule has 0 N–H and O–H groups in total. The fourth-order valence-corrected chi connectivity index (χ4v) is 1.20. The molecule has 3 heteroatoms. The fraction of sp³-hybridized carbons (Fsp3) is 0.111. The molecule has 0 fully saturated rings. The van der Waals surface area contributed by atoms with Gasteiger partial charge in [0.05, 0.1) is 6.42 Å². The van der Waals surface area contributed by atoms with Crippen LogP contribution in [0, 0.1) is 0 Å². The Hall–Kier alpha value is -1.64. The second-order valence-electron chi connectivity index (χ2n) is 2.68. The Morgan fingerprint density at radius 3 is 3.17 bits per heavy atom. The van der Waals surface area contributed by atoms with Crippen molar-refractivity contribution in [3.8, 4) is 0 Å². The first-order valence-electron chi connectivity index (χ1n) is 3.71. The van der Waals surface area contributed by atoms with E-state index in [1.54, 1.807) is 12.3 Å². The van der Waals surface area contributed by atoms with E-state index in [0.29, 0.717) is 18.0 Å². The van der Waals surface area contributed by atoms with Crippen molar-refractivity contribution in [3.63, 3.8) is 0 Å². The average Bonchev–Trinajstić information content (AvgIpc) is 2.04. The van der Waals surface area contributed by atoms with Crippen LogP contribution in [-0.4, -0.2) is 16.6 Å². The largest absolute Gasteiger partial charge is 0.274 e. The van der Waals surface area contributed by atoms with E-state index in [1.807, 2.05) is 12.2 Å². The molecule has 2 rings (SSSR count). The molecule has 2 aliphatic heterocycles. The fourth-order valence-electron chi connectivity index (χ4n) is 1.20. The Bertz CT molecular complexity index is 336. The van der Waals surface area contributed by atoms with Gasteiger partial charge in [0.2, 0.25) is 5.91 Å². The summed E-state index contributed by atoms with van der Waals surface area (Å²) in [4.78, 5) is 17.0. The maximum atomic E-state index is 11.3. The van der Waals surface area contributed by atoms with Gasteiger partial charge in [0.15, 0.2) is 0 Å². The van der Waals surface area contributed by atoms with Crippen LogP contribution < -0.4 is 0 Å². The molecule has 0 aliphatic carbocycles. The molecular weight excluding hydrogens is 152 g/mol. The van der Waals surface area contributed by atoms with Gasteiger partial charge in [-0.05, 0) is 12.2 Å². The smallest absolute Gasteiger partial charge is 0.238 e. The van der Waals surface area contributed by atoms with Crippen LogP contribution in [-0.2, 0) is 4.79 Å². The van der Waals surface area contributed by atoms with Gasteiger partial charge in [0.25, 0.3) is 0 Å². The summed E-state index contributed by atoms with van der Waals surface area (Å²) in [5, 5.41) is 0. The summed E-state index contributed by atoms with van der Waals surface area (Å²) in [6.45, 7) is 3.66. The summed E-state index contributed by atoms with van der Waals surface area (Å²) in [7, 11) is 0. The summed E-state index contributed by atoms with van der Waals surface area (Å²) in [6.07, 6.45) is 7.49. The predicted molar refractivity (Wildman–Crippen MR) is 46.3 cm³/mol. The van der Waals surface area contributed by atoms with Crippen LogP contribution in [0.4, 0.5) is 0 Å². The van der Waals surface area contributed by atoms with Crippen LogP contribution in [0.1, 0.15) is 6.42 Å². The molecule has 3 nitrogen and oxygen atoms in total. The highest BCUT2D eigenvalue weighted by atomic mass is 16.2. The highest BCUT2D eigenvalue weighted by Gasteiger charge is 2.22. The Kier molecular flexibility index (Phi) is 1.43. The van der Waals surface area contributed by atoms with Crippen molar-refractivity contribution in [3.05, 3.63) is 36.7 Å². The number of allylic oxidation sites excluding steroid dienone is 2. The second kappa shape index (κ2) is 2.44. The summed E-state index contributed by atoms with van der Waals surface area (Å²) in [5.41, 5.74) is 0.631. The van der Waals surface area contributed by atoms with Crippen molar-refractivity contribution in [1.29, 1.82) is 0 Å². The van der Waals surface area contributed by atoms with Crippen LogP contribution in [0.5, 0.6) is 0 Å². The number of hydrogen-bond donors (Lipinski definition) is 0. The van der Waals surface area contributed by atoms with Crippen LogP contribution >= 0.6 is 0 Å². The lowest BCUT2D eigenvalue weighted by Gasteiger charge is -2.24. The lowest BCUT2D eigenvalue weighted by molar-refractivity contribution is -0.125. The molecule has 0 aromatic rings. The van der Waals surface area contributed by atoms with Crippen molar-refractivity contribution < 1.29 is 4.79 Å². The third-order valence-electron chi connectivity index (χ3n) is 1.74. The van der Waals surface area contributed by atoms with Crippen LogP contribution in [0.15, 0.2) is 41.7 Å². The Morgan fingerprint density at radius 2 is 2.33 bits per heavy atom. The SMILES string of the molecule is C=C1CC(=O)N2C=CC=CC2=N1. The standard InChI is InChI=1S/C9H8N2O/c1-7-6-9(12)11-5-3-2-4-8(11)10-7/h2-5H,1,6H2. The molecule has 12 heavy (non-hydrogen) atoms. The normalized spacial score (nSPS) is 21.0. The number of aliphatic imine (C=N–C) groups is 1. The lowest BCUT2D eigenvalue weighted by Crippen LogP contribution is -2.35. The molecule has 0 atom stereocenters. The highest BCUT2D eigenvalue weighted by molar-refractivity contribution is 6.08. The zero-order valence-electron chi connectivity index (χ0n) is 6.53. The van der Waals surface area contributed by atoms with Crippen LogP contribution in [0.3, 0.4) is 0 Å². The number of rotatable bonds is 0. The molecule has 0 aromatic carbocycles. The van der Waals surface area contributed by atoms with E-state index in [0.717, 1.165) is 0 Å². The second-order valence-corrected chi connectivity index (χ2v) is 2.68. The summed E-state index contributed by atoms with van der Waals surface area (Å²) in [5.74, 6) is 0.698. The van der Waals surface area contributed by atoms with E-state index in [4.69, 9.17) is 0 Å². The molecular formula is C9H8N2O. The summed E-state index contributed by atoms with van der Waals surface area (Å²) < 4.78 is 0. The molecule has 0 unspecified atom stereocenters. The maximum Gasteiger partial charge on any atom is 0.238 e. The molecule has 0 radical (unpaired) electrons. The molecule has 0 bridgehead atoms. The van der Waals surface area contributed by atoms with Gasteiger partial charge < -0.3 is 0 Å². The third-order valence-corrected chi connectivity index (χ3v) is 1.74. The van der Waals surface area contributed by atoms with Gasteiger partial charge in [-0.3, -0.25) is 9.69 Å². The Morgan fingerprint density at radius 1 is 1.50 bits per heavy atom. The van der Waals surface area contributed by atoms with Crippen molar-refractivity contribution in [2.45, 2.75) is 6.42 Å². The van der Waals surface area contributed by atoms with Gasteiger partial charge in [-0.25, -0.2) is 4.99 Å². The minimum atomic E-state index is 0.0330. The van der Waals surface area contributed by atoms with Gasteiger partial charge >= 0.3 is 0 Å². The molecule has 2 heterocycles. The van der Waals surface area contributed by atoms with Gasteiger partial charge in [0.1, 0.15) is 5.84 Å². The van der Waals surface area contributed by atoms with Gasteiger partial charge in [-0.2, -0.15) is 0 Å². The Balaban J connectivity index is 2.43. The highest BCUT2D eigenvalue weighted by Crippen LogP contribution is 2.16. The molecule has 0 saturated heterocycles. The number of nitrogens with zero attached hydrogens (tertiary/aromatic N) is 2. The third kappa shape index (κ3) is 0.993. The van der Waals surface area contributed by atoms with Crippen molar-refractivity contribution >= 4 is 11.7 Å². The molecule has 0 aromatic heterocycles. The maximum absolute atomic E-state index is 11.3. The number of fused-ring (bicyclic) bond motifs is 1. The van der Waals surface area contributed by atoms with E-state index in [2.05, 4.69) is 11.6 Å². The first kappa shape index (κ1) is 7.03. The predicted octanol–water partition coefficient (Wildman–Crippen LogP) is 1.21. The molecule has 2 aliphatic rings. The molecule has 1 amide bonds. The zero-order valence-corrected chi connectivity index (χ0v) is 6.53. The van der Waals surface area contributed by atoms with Crippen molar-refractivity contribution in [2.75, 3.05) is 0 Å². The minimum Gasteiger partial charge on any atom is -0.274 e. The first-order chi connectivity index (χ1) is 5.77. The average molecular weight is 160 g/mol. The van der Waals surface area contributed by atoms with E-state index in [9.17, 15) is 4.79 Å². The topological polar surface area (TPSA) is 32.7 Å². The quantitative estimate of drug-likeness (QED) is 0.524. The lowest BCUT2D eigenvalue weighted by atomic mass is 10.2. The van der Waals surface area contributed by atoms with Gasteiger partial charge in [-0.15, -0.1) is 0 Å². The summed E-state index contributed by atoms with van der Waals surface area (Å²) >= 11 is 0. The van der Waals surface area contributed by atoms with E-state index in [-0.39, 0.29) is 5.91 Å². The number of carbonyl (C=O) groups is 1. The monoisotopic (exact) mass is 160 g/mol. The zero-order chi connectivity index (χ0) is 8.55. The molecule has 60 valence electrons. The first-order valence-corrected chi connectivity index (χ1v) is 3.71. The van der Waals surface area contributed by atoms with E-state index < -0.39 is 0 Å². The summed E-state index contributed by atoms with van der Waals surface area (Å²) in [6, 6.07) is 0. The van der Waals surface area contributed by atoms with Crippen LogP contribution in [0.25, 0.3) is 0 Å². The number of amidine groups is 1. The van der Waals surface area contributed by atoms with Crippen LogP contribution in [0.2, 0.25) is 0 Å². The Labute approximate surface area is 70.4 Å².